The number of nitrogens with one attached hydrogen (secondary N) is 2. The zero-order valence-electron chi connectivity index (χ0n) is 15.5. The molecule has 0 aliphatic carbocycles. The minimum atomic E-state index is -4.68. The number of carbonyl (C=O) groups is 2. The first kappa shape index (κ1) is 22.8. The summed E-state index contributed by atoms with van der Waals surface area (Å²) in [4.78, 5) is 23.9. The third kappa shape index (κ3) is 5.99. The minimum absolute atomic E-state index is 0.110. The number of carbonyl (C=O) groups excluding carboxylic acids is 2. The smallest absolute Gasteiger partial charge is 0.418 e. The molecule has 2 N–H and O–H groups in total. The highest BCUT2D eigenvalue weighted by Crippen LogP contribution is 2.36. The molecule has 0 aromatic heterocycles. The summed E-state index contributed by atoms with van der Waals surface area (Å²) in [5.41, 5.74) is -1.33. The maximum atomic E-state index is 13.1. The zero-order chi connectivity index (χ0) is 22.3. The third-order valence-electron chi connectivity index (χ3n) is 3.68. The molecule has 30 heavy (non-hydrogen) atoms. The minimum Gasteiger partial charge on any atom is -0.462 e. The number of amides is 1. The van der Waals surface area contributed by atoms with Crippen LogP contribution in [0.5, 0.6) is 0 Å². The standard InChI is InChI=1S/C20H15ClF3N3O3/c1-2-30-19(29)12-3-6-15(7-4-12)27-18(28)13(10-25)11-26-17-8-5-14(21)9-16(17)20(22,23)24/h3-9,11,26H,2H2,1H3,(H,27,28)/b13-11-. The van der Waals surface area contributed by atoms with Crippen molar-refractivity contribution in [1.82, 2.24) is 0 Å². The number of esters is 1. The van der Waals surface area contributed by atoms with Crippen LogP contribution in [0.1, 0.15) is 22.8 Å². The van der Waals surface area contributed by atoms with Crippen molar-refractivity contribution in [3.63, 3.8) is 0 Å². The van der Waals surface area contributed by atoms with Crippen LogP contribution in [0.2, 0.25) is 5.02 Å². The van der Waals surface area contributed by atoms with E-state index in [1.807, 2.05) is 0 Å². The Morgan fingerprint density at radius 2 is 1.87 bits per heavy atom. The predicted molar refractivity (Wildman–Crippen MR) is 105 cm³/mol. The zero-order valence-corrected chi connectivity index (χ0v) is 16.3. The highest BCUT2D eigenvalue weighted by Gasteiger charge is 2.33. The van der Waals surface area contributed by atoms with Gasteiger partial charge in [-0.25, -0.2) is 4.79 Å². The van der Waals surface area contributed by atoms with Gasteiger partial charge in [-0.05, 0) is 49.4 Å². The van der Waals surface area contributed by atoms with Crippen molar-refractivity contribution < 1.29 is 27.5 Å². The van der Waals surface area contributed by atoms with Gasteiger partial charge in [-0.3, -0.25) is 4.79 Å². The van der Waals surface area contributed by atoms with Crippen molar-refractivity contribution in [2.45, 2.75) is 13.1 Å². The van der Waals surface area contributed by atoms with E-state index in [1.165, 1.54) is 30.3 Å². The summed E-state index contributed by atoms with van der Waals surface area (Å²) in [7, 11) is 0. The predicted octanol–water partition coefficient (Wildman–Crippen LogP) is 4.99. The Morgan fingerprint density at radius 1 is 1.20 bits per heavy atom. The van der Waals surface area contributed by atoms with Crippen LogP contribution in [0.3, 0.4) is 0 Å². The van der Waals surface area contributed by atoms with E-state index in [-0.39, 0.29) is 28.6 Å². The van der Waals surface area contributed by atoms with Crippen LogP contribution < -0.4 is 10.6 Å². The van der Waals surface area contributed by atoms with Crippen LogP contribution in [-0.4, -0.2) is 18.5 Å². The summed E-state index contributed by atoms with van der Waals surface area (Å²) < 4.78 is 44.2. The molecular formula is C20H15ClF3N3O3. The first-order valence-corrected chi connectivity index (χ1v) is 8.85. The van der Waals surface area contributed by atoms with E-state index in [0.29, 0.717) is 0 Å². The lowest BCUT2D eigenvalue weighted by molar-refractivity contribution is -0.136. The van der Waals surface area contributed by atoms with Crippen LogP contribution in [-0.2, 0) is 15.7 Å². The largest absolute Gasteiger partial charge is 0.462 e. The SMILES string of the molecule is CCOC(=O)c1ccc(NC(=O)/C(C#N)=C\Nc2ccc(Cl)cc2C(F)(F)F)cc1. The Balaban J connectivity index is 2.15. The number of ether oxygens (including phenoxy) is 1. The van der Waals surface area contributed by atoms with E-state index < -0.39 is 29.2 Å². The van der Waals surface area contributed by atoms with E-state index in [2.05, 4.69) is 10.6 Å². The molecule has 0 aliphatic heterocycles. The van der Waals surface area contributed by atoms with Gasteiger partial charge < -0.3 is 15.4 Å². The molecule has 0 fully saturated rings. The lowest BCUT2D eigenvalue weighted by Crippen LogP contribution is -2.15. The van der Waals surface area contributed by atoms with E-state index in [9.17, 15) is 28.0 Å². The molecule has 0 aliphatic rings. The number of halogens is 4. The van der Waals surface area contributed by atoms with E-state index in [0.717, 1.165) is 18.3 Å². The molecule has 2 aromatic rings. The maximum absolute atomic E-state index is 13.1. The van der Waals surface area contributed by atoms with E-state index >= 15 is 0 Å². The number of nitrogens with zero attached hydrogens (tertiary/aromatic N) is 1. The van der Waals surface area contributed by atoms with Crippen LogP contribution in [0.15, 0.2) is 54.2 Å². The number of anilines is 2. The van der Waals surface area contributed by atoms with Gasteiger partial charge in [0.15, 0.2) is 0 Å². The molecule has 0 atom stereocenters. The lowest BCUT2D eigenvalue weighted by atomic mass is 10.1. The highest BCUT2D eigenvalue weighted by atomic mass is 35.5. The molecule has 0 unspecified atom stereocenters. The Hall–Kier alpha value is -3.51. The molecule has 156 valence electrons. The second kappa shape index (κ2) is 9.80. The van der Waals surface area contributed by atoms with Crippen molar-refractivity contribution in [2.75, 3.05) is 17.2 Å². The number of nitriles is 1. The number of alkyl halides is 3. The molecule has 0 saturated heterocycles. The fourth-order valence-corrected chi connectivity index (χ4v) is 2.45. The maximum Gasteiger partial charge on any atom is 0.418 e. The number of hydrogen-bond acceptors (Lipinski definition) is 5. The second-order valence-electron chi connectivity index (χ2n) is 5.75. The molecule has 6 nitrogen and oxygen atoms in total. The van der Waals surface area contributed by atoms with Gasteiger partial charge in [0.25, 0.3) is 5.91 Å². The van der Waals surface area contributed by atoms with Crippen LogP contribution in [0.4, 0.5) is 24.5 Å². The summed E-state index contributed by atoms with van der Waals surface area (Å²) in [5, 5.41) is 13.8. The third-order valence-corrected chi connectivity index (χ3v) is 3.91. The normalized spacial score (nSPS) is 11.4. The molecule has 0 radical (unpaired) electrons. The average Bonchev–Trinajstić information content (AvgIpc) is 2.69. The van der Waals surface area contributed by atoms with E-state index in [4.69, 9.17) is 16.3 Å². The van der Waals surface area contributed by atoms with Crippen molar-refractivity contribution in [2.24, 2.45) is 0 Å². The summed E-state index contributed by atoms with van der Waals surface area (Å²) in [6, 6.07) is 10.4. The lowest BCUT2D eigenvalue weighted by Gasteiger charge is -2.13. The number of hydrogen-bond donors (Lipinski definition) is 2. The summed E-state index contributed by atoms with van der Waals surface area (Å²) in [6.45, 7) is 1.88. The van der Waals surface area contributed by atoms with Gasteiger partial charge in [0.1, 0.15) is 11.6 Å². The highest BCUT2D eigenvalue weighted by molar-refractivity contribution is 6.30. The molecule has 10 heteroatoms. The molecule has 0 saturated carbocycles. The van der Waals surface area contributed by atoms with Gasteiger partial charge in [-0.2, -0.15) is 18.4 Å². The Labute approximate surface area is 174 Å². The molecule has 0 spiro atoms. The molecule has 2 rings (SSSR count). The quantitative estimate of drug-likeness (QED) is 0.377. The van der Waals surface area contributed by atoms with E-state index in [1.54, 1.807) is 13.0 Å². The van der Waals surface area contributed by atoms with Crippen LogP contribution >= 0.6 is 11.6 Å². The molecule has 1 amide bonds. The summed E-state index contributed by atoms with van der Waals surface area (Å²) >= 11 is 5.61. The van der Waals surface area contributed by atoms with Gasteiger partial charge in [0.2, 0.25) is 0 Å². The molecule has 0 bridgehead atoms. The Morgan fingerprint density at radius 3 is 2.43 bits per heavy atom. The summed E-state index contributed by atoms with van der Waals surface area (Å²) in [6.07, 6.45) is -3.82. The van der Waals surface area contributed by atoms with Crippen LogP contribution in [0, 0.1) is 11.3 Å². The topological polar surface area (TPSA) is 91.2 Å². The van der Waals surface area contributed by atoms with Crippen molar-refractivity contribution in [3.8, 4) is 6.07 Å². The Kier molecular flexibility index (Phi) is 7.44. The molecule has 0 heterocycles. The first-order chi connectivity index (χ1) is 14.2. The average molecular weight is 438 g/mol. The van der Waals surface area contributed by atoms with Crippen molar-refractivity contribution in [3.05, 3.63) is 70.4 Å². The van der Waals surface area contributed by atoms with Gasteiger partial charge in [-0.15, -0.1) is 0 Å². The fraction of sp³-hybridized carbons (Fsp3) is 0.150. The van der Waals surface area contributed by atoms with Gasteiger partial charge >= 0.3 is 12.1 Å². The summed E-state index contributed by atoms with van der Waals surface area (Å²) in [5.74, 6) is -1.38. The van der Waals surface area contributed by atoms with Crippen molar-refractivity contribution >= 4 is 34.9 Å². The number of benzene rings is 2. The van der Waals surface area contributed by atoms with Gasteiger partial charge in [-0.1, -0.05) is 11.6 Å². The fourth-order valence-electron chi connectivity index (χ4n) is 2.28. The second-order valence-corrected chi connectivity index (χ2v) is 6.19. The van der Waals surface area contributed by atoms with Crippen LogP contribution in [0.25, 0.3) is 0 Å². The monoisotopic (exact) mass is 437 g/mol. The Bertz CT molecular complexity index is 1010. The van der Waals surface area contributed by atoms with Crippen molar-refractivity contribution in [1.29, 1.82) is 5.26 Å². The number of rotatable bonds is 6. The first-order valence-electron chi connectivity index (χ1n) is 8.47. The van der Waals surface area contributed by atoms with Gasteiger partial charge in [0.05, 0.1) is 23.4 Å². The van der Waals surface area contributed by atoms with Gasteiger partial charge in [0, 0.05) is 16.9 Å². The molecule has 2 aromatic carbocycles. The molecular weight excluding hydrogens is 423 g/mol.